The van der Waals surface area contributed by atoms with Gasteiger partial charge in [-0.2, -0.15) is 0 Å². The van der Waals surface area contributed by atoms with Crippen LogP contribution in [0, 0.1) is 16.0 Å². The van der Waals surface area contributed by atoms with Crippen LogP contribution in [0.4, 0.5) is 17.1 Å². The molecule has 1 aliphatic heterocycles. The van der Waals surface area contributed by atoms with Gasteiger partial charge >= 0.3 is 5.97 Å². The maximum absolute atomic E-state index is 13.0. The van der Waals surface area contributed by atoms with Crippen molar-refractivity contribution in [2.45, 2.75) is 13.3 Å². The molecule has 1 atom stereocenters. The van der Waals surface area contributed by atoms with E-state index in [-0.39, 0.29) is 18.1 Å². The highest BCUT2D eigenvalue weighted by Gasteiger charge is 2.35. The summed E-state index contributed by atoms with van der Waals surface area (Å²) in [6.45, 7) is 3.78. The molecule has 1 saturated heterocycles. The zero-order valence-electron chi connectivity index (χ0n) is 18.3. The summed E-state index contributed by atoms with van der Waals surface area (Å²) in [5.74, 6) is -3.80. The topological polar surface area (TPSA) is 124 Å². The summed E-state index contributed by atoms with van der Waals surface area (Å²) in [5, 5.41) is 20.5. The van der Waals surface area contributed by atoms with Crippen molar-refractivity contribution in [1.29, 1.82) is 0 Å². The molecule has 0 radical (unpaired) electrons. The summed E-state index contributed by atoms with van der Waals surface area (Å²) in [5.41, 5.74) is 1.40. The zero-order chi connectivity index (χ0) is 24.0. The standard InChI is InChI=1S/C23H26N4O6/c1-2-26(18-6-4-3-5-7-18)22(29)20(23(30)31)16-21(28)25-14-12-24(13-15-25)17-8-10-19(11-9-17)27(32)33/h3-11,20H,2,12-16H2,1H3,(H,30,31). The molecule has 174 valence electrons. The van der Waals surface area contributed by atoms with Gasteiger partial charge in [0.1, 0.15) is 5.92 Å². The van der Waals surface area contributed by atoms with Crippen molar-refractivity contribution >= 4 is 34.8 Å². The lowest BCUT2D eigenvalue weighted by Gasteiger charge is -2.36. The molecule has 1 aliphatic rings. The molecule has 0 aliphatic carbocycles. The number of hydrogen-bond acceptors (Lipinski definition) is 6. The Kier molecular flexibility index (Phi) is 7.60. The van der Waals surface area contributed by atoms with Crippen LogP contribution in [0.3, 0.4) is 0 Å². The van der Waals surface area contributed by atoms with Crippen molar-refractivity contribution in [3.63, 3.8) is 0 Å². The van der Waals surface area contributed by atoms with Gasteiger partial charge in [0.15, 0.2) is 0 Å². The molecule has 1 N–H and O–H groups in total. The number of carboxylic acids is 1. The Balaban J connectivity index is 1.61. The SMILES string of the molecule is CCN(C(=O)C(CC(=O)N1CCN(c2ccc([N+](=O)[O-])cc2)CC1)C(=O)O)c1ccccc1. The molecular formula is C23H26N4O6. The average Bonchev–Trinajstić information content (AvgIpc) is 2.83. The first-order chi connectivity index (χ1) is 15.8. The second-order valence-corrected chi connectivity index (χ2v) is 7.65. The number of nitrogens with zero attached hydrogens (tertiary/aromatic N) is 4. The van der Waals surface area contributed by atoms with Gasteiger partial charge in [-0.1, -0.05) is 18.2 Å². The third kappa shape index (κ3) is 5.65. The maximum Gasteiger partial charge on any atom is 0.316 e. The molecule has 0 aromatic heterocycles. The number of hydrogen-bond donors (Lipinski definition) is 1. The van der Waals surface area contributed by atoms with Gasteiger partial charge in [-0.3, -0.25) is 24.5 Å². The molecule has 3 rings (SSSR count). The number of carboxylic acid groups (broad SMARTS) is 1. The number of carbonyl (C=O) groups excluding carboxylic acids is 2. The molecule has 33 heavy (non-hydrogen) atoms. The highest BCUT2D eigenvalue weighted by molar-refractivity contribution is 6.07. The number of anilines is 2. The Hall–Kier alpha value is -3.95. The van der Waals surface area contributed by atoms with Crippen molar-refractivity contribution in [3.8, 4) is 0 Å². The van der Waals surface area contributed by atoms with E-state index in [0.717, 1.165) is 5.69 Å². The first-order valence-corrected chi connectivity index (χ1v) is 10.7. The monoisotopic (exact) mass is 454 g/mol. The molecular weight excluding hydrogens is 428 g/mol. The summed E-state index contributed by atoms with van der Waals surface area (Å²) in [4.78, 5) is 52.9. The van der Waals surface area contributed by atoms with Gasteiger partial charge in [-0.05, 0) is 31.2 Å². The van der Waals surface area contributed by atoms with Crippen molar-refractivity contribution in [3.05, 3.63) is 64.7 Å². The van der Waals surface area contributed by atoms with Crippen LogP contribution in [0.1, 0.15) is 13.3 Å². The number of nitro benzene ring substituents is 1. The zero-order valence-corrected chi connectivity index (χ0v) is 18.3. The fraction of sp³-hybridized carbons (Fsp3) is 0.348. The number of rotatable bonds is 8. The lowest BCUT2D eigenvalue weighted by molar-refractivity contribution is -0.384. The summed E-state index contributed by atoms with van der Waals surface area (Å²) in [6, 6.07) is 15.0. The third-order valence-electron chi connectivity index (χ3n) is 5.68. The van der Waals surface area contributed by atoms with E-state index in [4.69, 9.17) is 0 Å². The molecule has 10 nitrogen and oxygen atoms in total. The Morgan fingerprint density at radius 2 is 1.64 bits per heavy atom. The lowest BCUT2D eigenvalue weighted by Crippen LogP contribution is -2.50. The van der Waals surface area contributed by atoms with Crippen molar-refractivity contribution < 1.29 is 24.4 Å². The van der Waals surface area contributed by atoms with E-state index in [1.807, 2.05) is 4.90 Å². The molecule has 0 spiro atoms. The highest BCUT2D eigenvalue weighted by atomic mass is 16.6. The molecule has 2 aromatic carbocycles. The smallest absolute Gasteiger partial charge is 0.316 e. The Morgan fingerprint density at radius 3 is 2.15 bits per heavy atom. The van der Waals surface area contributed by atoms with Gasteiger partial charge in [0.2, 0.25) is 11.8 Å². The predicted octanol–water partition coefficient (Wildman–Crippen LogP) is 2.39. The van der Waals surface area contributed by atoms with Gasteiger partial charge in [0.25, 0.3) is 5.69 Å². The van der Waals surface area contributed by atoms with E-state index >= 15 is 0 Å². The minimum absolute atomic E-state index is 0.00793. The van der Waals surface area contributed by atoms with E-state index < -0.39 is 29.1 Å². The van der Waals surface area contributed by atoms with Crippen LogP contribution in [0.5, 0.6) is 0 Å². The van der Waals surface area contributed by atoms with Crippen LogP contribution in [0.25, 0.3) is 0 Å². The minimum Gasteiger partial charge on any atom is -0.481 e. The number of aliphatic carboxylic acids is 1. The first kappa shape index (κ1) is 23.7. The molecule has 0 saturated carbocycles. The van der Waals surface area contributed by atoms with Crippen LogP contribution in [-0.2, 0) is 14.4 Å². The van der Waals surface area contributed by atoms with Gasteiger partial charge in [0, 0.05) is 62.7 Å². The van der Waals surface area contributed by atoms with Gasteiger partial charge in [-0.25, -0.2) is 0 Å². The molecule has 10 heteroatoms. The van der Waals surface area contributed by atoms with E-state index in [2.05, 4.69) is 0 Å². The van der Waals surface area contributed by atoms with E-state index in [1.54, 1.807) is 54.3 Å². The number of amides is 2. The second-order valence-electron chi connectivity index (χ2n) is 7.65. The van der Waals surface area contributed by atoms with Crippen LogP contribution >= 0.6 is 0 Å². The summed E-state index contributed by atoms with van der Waals surface area (Å²) >= 11 is 0. The highest BCUT2D eigenvalue weighted by Crippen LogP contribution is 2.22. The molecule has 1 fully saturated rings. The normalized spacial score (nSPS) is 14.5. The quantitative estimate of drug-likeness (QED) is 0.369. The fourth-order valence-electron chi connectivity index (χ4n) is 3.84. The molecule has 1 heterocycles. The number of piperazine rings is 1. The summed E-state index contributed by atoms with van der Waals surface area (Å²) in [6.07, 6.45) is -0.408. The lowest BCUT2D eigenvalue weighted by atomic mass is 10.0. The maximum atomic E-state index is 13.0. The number of non-ortho nitro benzene ring substituents is 1. The molecule has 2 amide bonds. The van der Waals surface area contributed by atoms with Gasteiger partial charge in [0.05, 0.1) is 4.92 Å². The van der Waals surface area contributed by atoms with Crippen LogP contribution in [-0.4, -0.2) is 65.4 Å². The fourth-order valence-corrected chi connectivity index (χ4v) is 3.84. The third-order valence-corrected chi connectivity index (χ3v) is 5.68. The van der Waals surface area contributed by atoms with Gasteiger partial charge < -0.3 is 19.8 Å². The first-order valence-electron chi connectivity index (χ1n) is 10.7. The van der Waals surface area contributed by atoms with E-state index in [1.165, 1.54) is 17.0 Å². The van der Waals surface area contributed by atoms with Crippen LogP contribution < -0.4 is 9.80 Å². The minimum atomic E-state index is -1.47. The molecule has 2 aromatic rings. The van der Waals surface area contributed by atoms with Crippen molar-refractivity contribution in [2.75, 3.05) is 42.5 Å². The Bertz CT molecular complexity index is 1000. The van der Waals surface area contributed by atoms with Gasteiger partial charge in [-0.15, -0.1) is 0 Å². The van der Waals surface area contributed by atoms with E-state index in [9.17, 15) is 29.6 Å². The van der Waals surface area contributed by atoms with Crippen LogP contribution in [0.2, 0.25) is 0 Å². The Morgan fingerprint density at radius 1 is 1.03 bits per heavy atom. The summed E-state index contributed by atoms with van der Waals surface area (Å²) < 4.78 is 0. The van der Waals surface area contributed by atoms with Crippen molar-refractivity contribution in [1.82, 2.24) is 4.90 Å². The second kappa shape index (κ2) is 10.6. The van der Waals surface area contributed by atoms with Crippen LogP contribution in [0.15, 0.2) is 54.6 Å². The summed E-state index contributed by atoms with van der Waals surface area (Å²) in [7, 11) is 0. The number of benzene rings is 2. The number of nitro groups is 1. The van der Waals surface area contributed by atoms with E-state index in [0.29, 0.717) is 31.9 Å². The molecule has 0 bridgehead atoms. The van der Waals surface area contributed by atoms with Crippen molar-refractivity contribution in [2.24, 2.45) is 5.92 Å². The average molecular weight is 454 g/mol. The Labute approximate surface area is 191 Å². The number of para-hydroxylation sites is 1. The molecule has 1 unspecified atom stereocenters. The predicted molar refractivity (Wildman–Crippen MR) is 122 cm³/mol. The number of carbonyl (C=O) groups is 3. The largest absolute Gasteiger partial charge is 0.481 e.